The standard InChI is InChI=1S/C7HF15O4S/c8-1(9,3(12,13)5(16,17)18)2(10,11)4(14,15)6(19,20)26-7(21,22)27(23,24)25/h(H,23,24,25). The third-order valence-electron chi connectivity index (χ3n) is 2.45. The first-order chi connectivity index (χ1) is 11.2. The minimum Gasteiger partial charge on any atom is -0.279 e. The van der Waals surface area contributed by atoms with Crippen molar-refractivity contribution in [1.82, 2.24) is 0 Å². The highest BCUT2D eigenvalue weighted by molar-refractivity contribution is 7.86. The van der Waals surface area contributed by atoms with E-state index in [9.17, 15) is 74.3 Å². The van der Waals surface area contributed by atoms with Gasteiger partial charge in [-0.1, -0.05) is 0 Å². The summed E-state index contributed by atoms with van der Waals surface area (Å²) in [6.07, 6.45) is -15.6. The van der Waals surface area contributed by atoms with Crippen LogP contribution in [0.15, 0.2) is 0 Å². The maximum Gasteiger partial charge on any atom is 0.492 e. The summed E-state index contributed by atoms with van der Waals surface area (Å²) in [5.41, 5.74) is -6.90. The molecule has 0 fully saturated rings. The van der Waals surface area contributed by atoms with E-state index in [1.807, 2.05) is 0 Å². The van der Waals surface area contributed by atoms with E-state index in [1.54, 1.807) is 0 Å². The highest BCUT2D eigenvalue weighted by atomic mass is 32.2. The first-order valence-corrected chi connectivity index (χ1v) is 6.65. The van der Waals surface area contributed by atoms with Gasteiger partial charge < -0.3 is 0 Å². The highest BCUT2D eigenvalue weighted by Gasteiger charge is 2.92. The Bertz CT molecular complexity index is 662. The Labute approximate surface area is 136 Å². The van der Waals surface area contributed by atoms with Crippen LogP contribution in [-0.4, -0.2) is 54.4 Å². The second-order valence-corrected chi connectivity index (χ2v) is 5.78. The van der Waals surface area contributed by atoms with Crippen LogP contribution in [0.5, 0.6) is 0 Å². The molecule has 0 saturated carbocycles. The van der Waals surface area contributed by atoms with Gasteiger partial charge in [0, 0.05) is 0 Å². The van der Waals surface area contributed by atoms with Crippen molar-refractivity contribution < 1.29 is 83.6 Å². The van der Waals surface area contributed by atoms with Crippen molar-refractivity contribution in [2.75, 3.05) is 0 Å². The molecule has 0 aliphatic rings. The van der Waals surface area contributed by atoms with Gasteiger partial charge in [0.1, 0.15) is 0 Å². The van der Waals surface area contributed by atoms with Crippen molar-refractivity contribution in [1.29, 1.82) is 0 Å². The molecule has 20 heteroatoms. The third-order valence-corrected chi connectivity index (χ3v) is 3.14. The fraction of sp³-hybridized carbons (Fsp3) is 1.00. The number of ether oxygens (including phenoxy) is 1. The van der Waals surface area contributed by atoms with Gasteiger partial charge in [-0.2, -0.15) is 74.3 Å². The Hall–Kier alpha value is -1.18. The van der Waals surface area contributed by atoms with Gasteiger partial charge in [-0.15, -0.1) is 0 Å². The lowest BCUT2D eigenvalue weighted by molar-refractivity contribution is -0.483. The molecular weight excluding hydrogens is 465 g/mol. The number of hydrogen-bond donors (Lipinski definition) is 1. The molecule has 0 aromatic carbocycles. The number of rotatable bonds is 7. The van der Waals surface area contributed by atoms with E-state index in [0.717, 1.165) is 0 Å². The van der Waals surface area contributed by atoms with Crippen LogP contribution in [0.2, 0.25) is 0 Å². The predicted molar refractivity (Wildman–Crippen MR) is 48.4 cm³/mol. The average molecular weight is 466 g/mol. The molecule has 0 amide bonds. The highest BCUT2D eigenvalue weighted by Crippen LogP contribution is 2.60. The smallest absolute Gasteiger partial charge is 0.279 e. The topological polar surface area (TPSA) is 63.6 Å². The largest absolute Gasteiger partial charge is 0.492 e. The van der Waals surface area contributed by atoms with Gasteiger partial charge in [0.2, 0.25) is 0 Å². The summed E-state index contributed by atoms with van der Waals surface area (Å²) in [4.78, 5) is 0. The first kappa shape index (κ1) is 25.8. The molecule has 0 atom stereocenters. The molecule has 0 bridgehead atoms. The maximum absolute atomic E-state index is 12.9. The summed E-state index contributed by atoms with van der Waals surface area (Å²) in [6.45, 7) is 0. The Morgan fingerprint density at radius 3 is 1.11 bits per heavy atom. The molecule has 0 aliphatic carbocycles. The molecule has 0 aromatic heterocycles. The van der Waals surface area contributed by atoms with Crippen LogP contribution in [0, 0.1) is 0 Å². The second-order valence-electron chi connectivity index (χ2n) is 4.35. The van der Waals surface area contributed by atoms with E-state index < -0.39 is 51.5 Å². The fourth-order valence-electron chi connectivity index (χ4n) is 1.02. The van der Waals surface area contributed by atoms with Crippen molar-refractivity contribution in [2.24, 2.45) is 0 Å². The Morgan fingerprint density at radius 1 is 0.556 bits per heavy atom. The van der Waals surface area contributed by atoms with Gasteiger partial charge in [-0.3, -0.25) is 4.55 Å². The molecule has 4 nitrogen and oxygen atoms in total. The van der Waals surface area contributed by atoms with E-state index in [1.165, 1.54) is 4.74 Å². The quantitative estimate of drug-likeness (QED) is 0.453. The molecule has 0 spiro atoms. The lowest BCUT2D eigenvalue weighted by Gasteiger charge is -2.39. The zero-order valence-corrected chi connectivity index (χ0v) is 12.1. The molecule has 0 rings (SSSR count). The minimum atomic E-state index is -8.46. The van der Waals surface area contributed by atoms with Gasteiger partial charge in [0.25, 0.3) is 0 Å². The number of hydrogen-bond acceptors (Lipinski definition) is 3. The monoisotopic (exact) mass is 466 g/mol. The van der Waals surface area contributed by atoms with Crippen molar-refractivity contribution in [3.05, 3.63) is 0 Å². The average Bonchev–Trinajstić information content (AvgIpc) is 2.33. The summed E-state index contributed by atoms with van der Waals surface area (Å²) in [7, 11) is -7.26. The van der Waals surface area contributed by atoms with Crippen LogP contribution in [0.3, 0.4) is 0 Å². The molecule has 27 heavy (non-hydrogen) atoms. The van der Waals surface area contributed by atoms with Crippen LogP contribution >= 0.6 is 0 Å². The fourth-order valence-corrected chi connectivity index (χ4v) is 1.23. The van der Waals surface area contributed by atoms with Crippen molar-refractivity contribution in [3.63, 3.8) is 0 Å². The normalized spacial score (nSPS) is 16.6. The lowest BCUT2D eigenvalue weighted by Crippen LogP contribution is -2.71. The molecule has 1 N–H and O–H groups in total. The molecule has 0 radical (unpaired) electrons. The Kier molecular flexibility index (Phi) is 5.89. The van der Waals surface area contributed by atoms with Gasteiger partial charge in [0.15, 0.2) is 0 Å². The number of halogens is 15. The van der Waals surface area contributed by atoms with Crippen LogP contribution < -0.4 is 0 Å². The maximum atomic E-state index is 12.9. The van der Waals surface area contributed by atoms with Crippen molar-refractivity contribution in [2.45, 2.75) is 41.4 Å². The first-order valence-electron chi connectivity index (χ1n) is 5.21. The summed E-state index contributed by atoms with van der Waals surface area (Å²) in [5, 5.41) is 0. The van der Waals surface area contributed by atoms with E-state index in [0.29, 0.717) is 0 Å². The van der Waals surface area contributed by atoms with Gasteiger partial charge in [-0.05, 0) is 0 Å². The summed E-state index contributed by atoms with van der Waals surface area (Å²) in [6, 6.07) is 0. The second kappa shape index (κ2) is 6.16. The summed E-state index contributed by atoms with van der Waals surface area (Å²) < 4.78 is 216. The van der Waals surface area contributed by atoms with Gasteiger partial charge >= 0.3 is 51.5 Å². The zero-order valence-electron chi connectivity index (χ0n) is 11.2. The van der Waals surface area contributed by atoms with Crippen LogP contribution in [0.25, 0.3) is 0 Å². The molecule has 0 aliphatic heterocycles. The predicted octanol–water partition coefficient (Wildman–Crippen LogP) is 4.14. The molecule has 0 saturated heterocycles. The SMILES string of the molecule is O=S(=O)(O)C(F)(F)OC(F)(F)C(F)(F)C(F)(F)C(F)(F)C(F)(F)C(F)(F)F. The van der Waals surface area contributed by atoms with E-state index in [4.69, 9.17) is 4.55 Å². The molecule has 0 heterocycles. The summed E-state index contributed by atoms with van der Waals surface area (Å²) >= 11 is 0. The molecule has 0 aromatic rings. The van der Waals surface area contributed by atoms with Crippen LogP contribution in [0.4, 0.5) is 65.9 Å². The third kappa shape index (κ3) is 3.74. The van der Waals surface area contributed by atoms with Crippen molar-refractivity contribution in [3.8, 4) is 0 Å². The number of alkyl halides is 15. The van der Waals surface area contributed by atoms with Crippen molar-refractivity contribution >= 4 is 10.1 Å². The molecular formula is C7HF15O4S. The van der Waals surface area contributed by atoms with Crippen LogP contribution in [-0.2, 0) is 14.9 Å². The summed E-state index contributed by atoms with van der Waals surface area (Å²) in [5.74, 6) is -33.2. The minimum absolute atomic E-state index is 1.34. The van der Waals surface area contributed by atoms with E-state index >= 15 is 0 Å². The Morgan fingerprint density at radius 2 is 0.852 bits per heavy atom. The van der Waals surface area contributed by atoms with E-state index in [2.05, 4.69) is 0 Å². The van der Waals surface area contributed by atoms with Gasteiger partial charge in [-0.25, -0.2) is 4.74 Å². The van der Waals surface area contributed by atoms with E-state index in [-0.39, 0.29) is 0 Å². The molecule has 164 valence electrons. The lowest BCUT2D eigenvalue weighted by atomic mass is 9.97. The zero-order chi connectivity index (χ0) is 22.7. The Balaban J connectivity index is 6.40. The molecule has 0 unspecified atom stereocenters. The van der Waals surface area contributed by atoms with Gasteiger partial charge in [0.05, 0.1) is 0 Å². The van der Waals surface area contributed by atoms with Crippen LogP contribution in [0.1, 0.15) is 0 Å².